The van der Waals surface area contributed by atoms with E-state index < -0.39 is 5.82 Å². The number of carbonyl (C=O) groups excluding carboxylic acids is 2. The van der Waals surface area contributed by atoms with Gasteiger partial charge in [0.1, 0.15) is 5.82 Å². The second-order valence-corrected chi connectivity index (χ2v) is 7.25. The molecule has 0 saturated carbocycles. The minimum Gasteiger partial charge on any atom is -0.384 e. The van der Waals surface area contributed by atoms with Crippen LogP contribution < -0.4 is 10.6 Å². The molecule has 0 unspecified atom stereocenters. The molecule has 1 heterocycles. The van der Waals surface area contributed by atoms with Crippen LogP contribution in [0.15, 0.2) is 48.5 Å². The van der Waals surface area contributed by atoms with Gasteiger partial charge >= 0.3 is 0 Å². The molecule has 0 radical (unpaired) electrons. The van der Waals surface area contributed by atoms with Crippen molar-refractivity contribution in [2.45, 2.75) is 12.8 Å². The first-order valence-electron chi connectivity index (χ1n) is 9.42. The number of hydrogen-bond acceptors (Lipinski definition) is 4. The first-order chi connectivity index (χ1) is 13.5. The third-order valence-corrected chi connectivity index (χ3v) is 5.26. The van der Waals surface area contributed by atoms with Crippen molar-refractivity contribution >= 4 is 24.1 Å². The van der Waals surface area contributed by atoms with Crippen LogP contribution in [0.1, 0.15) is 39.1 Å². The van der Waals surface area contributed by atoms with Gasteiger partial charge in [-0.3, -0.25) is 9.59 Å². The Balaban J connectivity index is 0.00000300. The van der Waals surface area contributed by atoms with Gasteiger partial charge in [-0.2, -0.15) is 0 Å². The molecular formula is C22H26ClFN2O3. The van der Waals surface area contributed by atoms with E-state index in [4.69, 9.17) is 4.74 Å². The molecule has 1 amide bonds. The number of hydrogen-bond donors (Lipinski definition) is 2. The van der Waals surface area contributed by atoms with Gasteiger partial charge in [0.2, 0.25) is 0 Å². The van der Waals surface area contributed by atoms with Crippen LogP contribution in [-0.4, -0.2) is 45.0 Å². The molecule has 7 heteroatoms. The van der Waals surface area contributed by atoms with Crippen molar-refractivity contribution in [2.24, 2.45) is 5.41 Å². The van der Waals surface area contributed by atoms with E-state index in [2.05, 4.69) is 10.6 Å². The summed E-state index contributed by atoms with van der Waals surface area (Å²) in [7, 11) is 1.67. The summed E-state index contributed by atoms with van der Waals surface area (Å²) in [6.07, 6.45) is 1.83. The van der Waals surface area contributed by atoms with Crippen molar-refractivity contribution in [3.8, 4) is 0 Å². The molecule has 1 aliphatic heterocycles. The lowest BCUT2D eigenvalue weighted by atomic mass is 9.79. The molecule has 0 spiro atoms. The highest BCUT2D eigenvalue weighted by atomic mass is 35.5. The molecule has 5 nitrogen and oxygen atoms in total. The second kappa shape index (κ2) is 10.5. The van der Waals surface area contributed by atoms with Crippen molar-refractivity contribution in [1.82, 2.24) is 10.6 Å². The maximum Gasteiger partial charge on any atom is 0.252 e. The molecule has 2 aromatic carbocycles. The maximum atomic E-state index is 13.1. The Morgan fingerprint density at radius 1 is 1.07 bits per heavy atom. The van der Waals surface area contributed by atoms with Gasteiger partial charge in [0.05, 0.1) is 12.2 Å². The molecule has 3 rings (SSSR count). The summed E-state index contributed by atoms with van der Waals surface area (Å²) < 4.78 is 18.5. The number of ketones is 1. The van der Waals surface area contributed by atoms with Gasteiger partial charge in [-0.1, -0.05) is 18.2 Å². The molecular weight excluding hydrogens is 395 g/mol. The summed E-state index contributed by atoms with van der Waals surface area (Å²) >= 11 is 0. The zero-order valence-electron chi connectivity index (χ0n) is 16.4. The van der Waals surface area contributed by atoms with Crippen LogP contribution in [0.25, 0.3) is 0 Å². The van der Waals surface area contributed by atoms with Gasteiger partial charge in [-0.05, 0) is 56.3 Å². The minimum absolute atomic E-state index is 0. The maximum absolute atomic E-state index is 13.1. The highest BCUT2D eigenvalue weighted by Crippen LogP contribution is 2.28. The highest BCUT2D eigenvalue weighted by molar-refractivity contribution is 6.15. The fourth-order valence-electron chi connectivity index (χ4n) is 3.63. The Labute approximate surface area is 176 Å². The molecule has 2 aromatic rings. The SMILES string of the molecule is COCC1(CNC(=O)c2ccccc2C(=O)c2ccc(F)cc2)CCNCC1.Cl. The van der Waals surface area contributed by atoms with Crippen molar-refractivity contribution in [1.29, 1.82) is 0 Å². The number of rotatable bonds is 7. The molecule has 0 aromatic heterocycles. The van der Waals surface area contributed by atoms with E-state index in [0.29, 0.717) is 29.8 Å². The van der Waals surface area contributed by atoms with Gasteiger partial charge < -0.3 is 15.4 Å². The van der Waals surface area contributed by atoms with E-state index in [0.717, 1.165) is 25.9 Å². The molecule has 0 bridgehead atoms. The van der Waals surface area contributed by atoms with E-state index in [1.807, 2.05) is 0 Å². The van der Waals surface area contributed by atoms with Crippen molar-refractivity contribution in [3.63, 3.8) is 0 Å². The minimum atomic E-state index is -0.409. The number of methoxy groups -OCH3 is 1. The fraction of sp³-hybridized carbons (Fsp3) is 0.364. The van der Waals surface area contributed by atoms with Gasteiger partial charge in [0, 0.05) is 30.2 Å². The van der Waals surface area contributed by atoms with E-state index in [1.54, 1.807) is 31.4 Å². The number of piperidine rings is 1. The predicted octanol–water partition coefficient (Wildman–Crippen LogP) is 3.22. The number of nitrogens with one attached hydrogen (secondary N) is 2. The van der Waals surface area contributed by atoms with Crippen molar-refractivity contribution in [2.75, 3.05) is 33.4 Å². The second-order valence-electron chi connectivity index (χ2n) is 7.25. The molecule has 2 N–H and O–H groups in total. The summed E-state index contributed by atoms with van der Waals surface area (Å²) in [4.78, 5) is 25.7. The monoisotopic (exact) mass is 420 g/mol. The largest absolute Gasteiger partial charge is 0.384 e. The Bertz CT molecular complexity index is 831. The van der Waals surface area contributed by atoms with Crippen molar-refractivity contribution < 1.29 is 18.7 Å². The number of carbonyl (C=O) groups is 2. The summed E-state index contributed by atoms with van der Waals surface area (Å²) in [6, 6.07) is 12.0. The third kappa shape index (κ3) is 5.63. The molecule has 0 atom stereocenters. The Morgan fingerprint density at radius 2 is 1.69 bits per heavy atom. The average molecular weight is 421 g/mol. The topological polar surface area (TPSA) is 67.4 Å². The number of amides is 1. The van der Waals surface area contributed by atoms with Gasteiger partial charge in [0.15, 0.2) is 5.78 Å². The molecule has 0 aliphatic carbocycles. The normalized spacial score (nSPS) is 15.2. The van der Waals surface area contributed by atoms with Crippen LogP contribution >= 0.6 is 12.4 Å². The lowest BCUT2D eigenvalue weighted by molar-refractivity contribution is 0.0511. The molecule has 1 fully saturated rings. The number of benzene rings is 2. The lowest BCUT2D eigenvalue weighted by Crippen LogP contribution is -2.47. The van der Waals surface area contributed by atoms with Gasteiger partial charge in [0.25, 0.3) is 5.91 Å². The van der Waals surface area contributed by atoms with E-state index in [-0.39, 0.29) is 29.5 Å². The summed E-state index contributed by atoms with van der Waals surface area (Å²) in [5.74, 6) is -1.01. The average Bonchev–Trinajstić information content (AvgIpc) is 2.73. The third-order valence-electron chi connectivity index (χ3n) is 5.26. The van der Waals surface area contributed by atoms with Gasteiger partial charge in [-0.15, -0.1) is 12.4 Å². The standard InChI is InChI=1S/C22H25FN2O3.ClH/c1-28-15-22(10-12-24-13-11-22)14-25-21(27)19-5-3-2-4-18(19)20(26)16-6-8-17(23)9-7-16;/h2-9,24H,10-15H2,1H3,(H,25,27);1H. The van der Waals surface area contributed by atoms with Crippen LogP contribution in [0.2, 0.25) is 0 Å². The van der Waals surface area contributed by atoms with Crippen LogP contribution in [0.4, 0.5) is 4.39 Å². The number of halogens is 2. The van der Waals surface area contributed by atoms with E-state index in [1.165, 1.54) is 24.3 Å². The first-order valence-corrected chi connectivity index (χ1v) is 9.42. The Morgan fingerprint density at radius 3 is 2.31 bits per heavy atom. The summed E-state index contributed by atoms with van der Waals surface area (Å²) in [5.41, 5.74) is 0.859. The zero-order valence-corrected chi connectivity index (χ0v) is 17.2. The van der Waals surface area contributed by atoms with Crippen molar-refractivity contribution in [3.05, 3.63) is 71.0 Å². The van der Waals surface area contributed by atoms with Crippen LogP contribution in [0, 0.1) is 11.2 Å². The van der Waals surface area contributed by atoms with Crippen LogP contribution in [-0.2, 0) is 4.74 Å². The lowest BCUT2D eigenvalue weighted by Gasteiger charge is -2.37. The molecule has 1 saturated heterocycles. The molecule has 156 valence electrons. The van der Waals surface area contributed by atoms with E-state index >= 15 is 0 Å². The predicted molar refractivity (Wildman–Crippen MR) is 112 cm³/mol. The Kier molecular flexibility index (Phi) is 8.32. The van der Waals surface area contributed by atoms with Gasteiger partial charge in [-0.25, -0.2) is 4.39 Å². The van der Waals surface area contributed by atoms with Crippen LogP contribution in [0.3, 0.4) is 0 Å². The zero-order chi connectivity index (χ0) is 20.0. The molecule has 1 aliphatic rings. The first kappa shape index (κ1) is 23.0. The Hall–Kier alpha value is -2.28. The van der Waals surface area contributed by atoms with E-state index in [9.17, 15) is 14.0 Å². The molecule has 29 heavy (non-hydrogen) atoms. The smallest absolute Gasteiger partial charge is 0.252 e. The summed E-state index contributed by atoms with van der Waals surface area (Å²) in [5, 5.41) is 6.32. The number of ether oxygens (including phenoxy) is 1. The van der Waals surface area contributed by atoms with Crippen LogP contribution in [0.5, 0.6) is 0 Å². The summed E-state index contributed by atoms with van der Waals surface area (Å²) in [6.45, 7) is 2.84. The highest BCUT2D eigenvalue weighted by Gasteiger charge is 2.33. The quantitative estimate of drug-likeness (QED) is 0.675. The fourth-order valence-corrected chi connectivity index (χ4v) is 3.63.